The number of piperidine rings is 1. The predicted molar refractivity (Wildman–Crippen MR) is 121 cm³/mol. The maximum Gasteiger partial charge on any atom is 0.305 e. The summed E-state index contributed by atoms with van der Waals surface area (Å²) in [5.41, 5.74) is 0.667. The first-order valence-corrected chi connectivity index (χ1v) is 12.1. The second-order valence-electron chi connectivity index (χ2n) is 9.53. The first kappa shape index (κ1) is 23.5. The van der Waals surface area contributed by atoms with Crippen molar-refractivity contribution in [1.82, 2.24) is 10.6 Å². The fourth-order valence-corrected chi connectivity index (χ4v) is 5.29. The molecule has 8 nitrogen and oxygen atoms in total. The van der Waals surface area contributed by atoms with Gasteiger partial charge in [-0.15, -0.1) is 0 Å². The number of benzene rings is 1. The molecule has 1 aliphatic carbocycles. The summed E-state index contributed by atoms with van der Waals surface area (Å²) in [5.74, 6) is 0.561. The minimum absolute atomic E-state index is 0.0697. The van der Waals surface area contributed by atoms with Crippen LogP contribution in [0.1, 0.15) is 69.4 Å². The summed E-state index contributed by atoms with van der Waals surface area (Å²) in [5, 5.41) is 15.7. The van der Waals surface area contributed by atoms with Gasteiger partial charge in [0.25, 0.3) is 0 Å². The van der Waals surface area contributed by atoms with E-state index in [2.05, 4.69) is 10.6 Å². The molecule has 1 saturated heterocycles. The number of ether oxygens (including phenoxy) is 2. The number of aliphatic carboxylic acids is 1. The number of carboxylic acid groups (broad SMARTS) is 1. The highest BCUT2D eigenvalue weighted by atomic mass is 16.7. The van der Waals surface area contributed by atoms with Crippen molar-refractivity contribution in [1.29, 1.82) is 0 Å². The zero-order chi connectivity index (χ0) is 23.2. The Morgan fingerprint density at radius 1 is 1.06 bits per heavy atom. The molecule has 3 atom stereocenters. The van der Waals surface area contributed by atoms with Crippen LogP contribution in [0.15, 0.2) is 18.2 Å². The van der Waals surface area contributed by atoms with Crippen LogP contribution in [0.5, 0.6) is 11.5 Å². The van der Waals surface area contributed by atoms with E-state index in [1.54, 1.807) is 18.2 Å². The number of amides is 1. The van der Waals surface area contributed by atoms with Gasteiger partial charge in [-0.1, -0.05) is 12.5 Å². The molecule has 8 heteroatoms. The lowest BCUT2D eigenvalue weighted by atomic mass is 9.77. The van der Waals surface area contributed by atoms with Crippen molar-refractivity contribution in [3.63, 3.8) is 0 Å². The number of hydrogen-bond donors (Lipinski definition) is 3. The Bertz CT molecular complexity index is 866. The van der Waals surface area contributed by atoms with E-state index >= 15 is 0 Å². The molecule has 1 aromatic carbocycles. The SMILES string of the molecule is O=C(O)C[C@H](NC(=O)[C@@H]1CCCC(C(=O)CCC2CCNCC2)C1)c1ccc2c(c1)OCO2. The molecular formula is C25H34N2O6. The second kappa shape index (κ2) is 11.0. The van der Waals surface area contributed by atoms with Gasteiger partial charge in [0.2, 0.25) is 12.7 Å². The van der Waals surface area contributed by atoms with Crippen LogP contribution in [0.2, 0.25) is 0 Å². The summed E-state index contributed by atoms with van der Waals surface area (Å²) in [7, 11) is 0. The van der Waals surface area contributed by atoms with Gasteiger partial charge in [-0.3, -0.25) is 14.4 Å². The van der Waals surface area contributed by atoms with E-state index in [1.165, 1.54) is 0 Å². The molecule has 2 aliphatic heterocycles. The first-order valence-electron chi connectivity index (χ1n) is 12.1. The molecule has 0 bridgehead atoms. The summed E-state index contributed by atoms with van der Waals surface area (Å²) >= 11 is 0. The van der Waals surface area contributed by atoms with Crippen LogP contribution in [-0.4, -0.2) is 42.6 Å². The first-order chi connectivity index (χ1) is 16.0. The lowest BCUT2D eigenvalue weighted by Gasteiger charge is -2.30. The third kappa shape index (κ3) is 6.25. The molecule has 0 radical (unpaired) electrons. The molecule has 4 rings (SSSR count). The topological polar surface area (TPSA) is 114 Å². The third-order valence-electron chi connectivity index (χ3n) is 7.25. The standard InChI is InChI=1S/C25H34N2O6/c28-21(6-4-16-8-10-26-11-9-16)18-2-1-3-19(12-18)25(31)27-20(14-24(29)30)17-5-7-22-23(13-17)33-15-32-22/h5,7,13,16,18-20,26H,1-4,6,8-12,14-15H2,(H,27,31)(H,29,30)/t18?,19-,20+/m1/s1. The molecule has 3 N–H and O–H groups in total. The monoisotopic (exact) mass is 458 g/mol. The van der Waals surface area contributed by atoms with Crippen molar-refractivity contribution in [2.24, 2.45) is 17.8 Å². The van der Waals surface area contributed by atoms with Crippen molar-refractivity contribution in [3.05, 3.63) is 23.8 Å². The minimum atomic E-state index is -0.993. The minimum Gasteiger partial charge on any atom is -0.481 e. The molecular weight excluding hydrogens is 424 g/mol. The van der Waals surface area contributed by atoms with Crippen LogP contribution < -0.4 is 20.1 Å². The van der Waals surface area contributed by atoms with Crippen LogP contribution in [-0.2, 0) is 14.4 Å². The number of carbonyl (C=O) groups is 3. The number of ketones is 1. The summed E-state index contributed by atoms with van der Waals surface area (Å²) in [6, 6.07) is 4.55. The zero-order valence-electron chi connectivity index (χ0n) is 19.0. The lowest BCUT2D eigenvalue weighted by Crippen LogP contribution is -2.38. The second-order valence-corrected chi connectivity index (χ2v) is 9.53. The highest BCUT2D eigenvalue weighted by Gasteiger charge is 2.33. The maximum absolute atomic E-state index is 13.1. The average molecular weight is 459 g/mol. The van der Waals surface area contributed by atoms with Crippen molar-refractivity contribution in [3.8, 4) is 11.5 Å². The molecule has 1 saturated carbocycles. The largest absolute Gasteiger partial charge is 0.481 e. The van der Waals surface area contributed by atoms with Gasteiger partial charge in [0, 0.05) is 18.3 Å². The normalized spacial score (nSPS) is 23.6. The average Bonchev–Trinajstić information content (AvgIpc) is 3.30. The van der Waals surface area contributed by atoms with Crippen LogP contribution in [0.3, 0.4) is 0 Å². The summed E-state index contributed by atoms with van der Waals surface area (Å²) < 4.78 is 10.7. The van der Waals surface area contributed by atoms with Crippen molar-refractivity contribution >= 4 is 17.7 Å². The Kier molecular flexibility index (Phi) is 7.85. The van der Waals surface area contributed by atoms with Crippen molar-refractivity contribution in [2.75, 3.05) is 19.9 Å². The number of fused-ring (bicyclic) bond motifs is 1. The smallest absolute Gasteiger partial charge is 0.305 e. The van der Waals surface area contributed by atoms with E-state index in [0.717, 1.165) is 51.6 Å². The number of carbonyl (C=O) groups excluding carboxylic acids is 2. The van der Waals surface area contributed by atoms with Gasteiger partial charge in [0.15, 0.2) is 11.5 Å². The van der Waals surface area contributed by atoms with Gasteiger partial charge in [-0.2, -0.15) is 0 Å². The van der Waals surface area contributed by atoms with Gasteiger partial charge in [-0.05, 0) is 75.2 Å². The third-order valence-corrected chi connectivity index (χ3v) is 7.25. The molecule has 0 aromatic heterocycles. The number of carboxylic acids is 1. The van der Waals surface area contributed by atoms with E-state index in [0.29, 0.717) is 35.8 Å². The van der Waals surface area contributed by atoms with Gasteiger partial charge < -0.3 is 25.2 Å². The van der Waals surface area contributed by atoms with Crippen molar-refractivity contribution < 1.29 is 29.0 Å². The number of hydrogen-bond acceptors (Lipinski definition) is 6. The Labute approximate surface area is 194 Å². The van der Waals surface area contributed by atoms with Gasteiger partial charge in [0.05, 0.1) is 12.5 Å². The molecule has 33 heavy (non-hydrogen) atoms. The Hall–Kier alpha value is -2.61. The maximum atomic E-state index is 13.1. The molecule has 2 heterocycles. The predicted octanol–water partition coefficient (Wildman–Crippen LogP) is 3.20. The van der Waals surface area contributed by atoms with Crippen LogP contribution >= 0.6 is 0 Å². The van der Waals surface area contributed by atoms with Crippen LogP contribution in [0.4, 0.5) is 0 Å². The summed E-state index contributed by atoms with van der Waals surface area (Å²) in [4.78, 5) is 37.4. The molecule has 1 unspecified atom stereocenters. The molecule has 2 fully saturated rings. The van der Waals surface area contributed by atoms with Crippen molar-refractivity contribution in [2.45, 2.75) is 63.8 Å². The van der Waals surface area contributed by atoms with E-state index in [4.69, 9.17) is 9.47 Å². The molecule has 0 spiro atoms. The Balaban J connectivity index is 1.34. The quantitative estimate of drug-likeness (QED) is 0.521. The highest BCUT2D eigenvalue weighted by molar-refractivity contribution is 5.84. The summed E-state index contributed by atoms with van der Waals surface area (Å²) in [6.07, 6.45) is 6.55. The summed E-state index contributed by atoms with van der Waals surface area (Å²) in [6.45, 7) is 2.20. The van der Waals surface area contributed by atoms with E-state index in [-0.39, 0.29) is 36.7 Å². The van der Waals surface area contributed by atoms with E-state index in [1.807, 2.05) is 0 Å². The number of Topliss-reactive ketones (excluding diaryl/α,β-unsaturated/α-hetero) is 1. The van der Waals surface area contributed by atoms with E-state index < -0.39 is 12.0 Å². The van der Waals surface area contributed by atoms with Gasteiger partial charge in [-0.25, -0.2) is 0 Å². The Morgan fingerprint density at radius 3 is 2.61 bits per heavy atom. The Morgan fingerprint density at radius 2 is 1.82 bits per heavy atom. The van der Waals surface area contributed by atoms with Crippen LogP contribution in [0, 0.1) is 17.8 Å². The highest BCUT2D eigenvalue weighted by Crippen LogP contribution is 2.36. The molecule has 3 aliphatic rings. The molecule has 1 amide bonds. The lowest BCUT2D eigenvalue weighted by molar-refractivity contribution is -0.138. The number of nitrogens with one attached hydrogen (secondary N) is 2. The molecule has 180 valence electrons. The fraction of sp³-hybridized carbons (Fsp3) is 0.640. The molecule has 1 aromatic rings. The van der Waals surface area contributed by atoms with E-state index in [9.17, 15) is 19.5 Å². The van der Waals surface area contributed by atoms with Gasteiger partial charge >= 0.3 is 5.97 Å². The zero-order valence-corrected chi connectivity index (χ0v) is 19.0. The van der Waals surface area contributed by atoms with Crippen LogP contribution in [0.25, 0.3) is 0 Å². The fourth-order valence-electron chi connectivity index (χ4n) is 5.29. The van der Waals surface area contributed by atoms with Gasteiger partial charge in [0.1, 0.15) is 5.78 Å². The number of rotatable bonds is 9.